The summed E-state index contributed by atoms with van der Waals surface area (Å²) >= 11 is 0. The van der Waals surface area contributed by atoms with Crippen LogP contribution < -0.4 is 5.32 Å². The Hall–Kier alpha value is -1.47. The highest BCUT2D eigenvalue weighted by atomic mass is 32.2. The summed E-state index contributed by atoms with van der Waals surface area (Å²) in [5, 5.41) is 3.61. The van der Waals surface area contributed by atoms with E-state index in [1.54, 1.807) is 20.2 Å². The van der Waals surface area contributed by atoms with Crippen molar-refractivity contribution in [2.24, 2.45) is 5.41 Å². The fourth-order valence-corrected chi connectivity index (χ4v) is 5.78. The molecule has 1 aliphatic carbocycles. The van der Waals surface area contributed by atoms with Gasteiger partial charge in [0, 0.05) is 32.2 Å². The molecule has 0 saturated heterocycles. The van der Waals surface area contributed by atoms with Crippen molar-refractivity contribution in [3.8, 4) is 0 Å². The molecule has 3 unspecified atom stereocenters. The predicted octanol–water partition coefficient (Wildman–Crippen LogP) is 2.80. The number of methoxy groups -OCH3 is 1. The lowest BCUT2D eigenvalue weighted by Crippen LogP contribution is -2.49. The van der Waals surface area contributed by atoms with Gasteiger partial charge in [-0.15, -0.1) is 0 Å². The monoisotopic (exact) mass is 376 g/mol. The summed E-state index contributed by atoms with van der Waals surface area (Å²) in [5.74, 6) is 0. The molecule has 5 nitrogen and oxygen atoms in total. The summed E-state index contributed by atoms with van der Waals surface area (Å²) in [6.07, 6.45) is 8.94. The van der Waals surface area contributed by atoms with E-state index in [-0.39, 0.29) is 17.5 Å². The van der Waals surface area contributed by atoms with Crippen LogP contribution in [-0.2, 0) is 14.8 Å². The fraction of sp³-hybridized carbons (Fsp3) is 0.500. The molecule has 0 spiro atoms. The molecule has 1 N–H and O–H groups in total. The average molecular weight is 377 g/mol. The van der Waals surface area contributed by atoms with Crippen LogP contribution in [0.1, 0.15) is 30.5 Å². The first-order chi connectivity index (χ1) is 12.3. The fourth-order valence-electron chi connectivity index (χ4n) is 4.05. The molecule has 2 aliphatic rings. The number of sulfonamides is 1. The van der Waals surface area contributed by atoms with Crippen LogP contribution in [0.5, 0.6) is 0 Å². The van der Waals surface area contributed by atoms with E-state index in [1.165, 1.54) is 4.31 Å². The minimum Gasteiger partial charge on any atom is -0.385 e. The molecule has 26 heavy (non-hydrogen) atoms. The van der Waals surface area contributed by atoms with Crippen LogP contribution in [0.25, 0.3) is 0 Å². The number of ether oxygens (including phenoxy) is 1. The Bertz CT molecular complexity index is 831. The number of hydrogen-bond acceptors (Lipinski definition) is 4. The topological polar surface area (TPSA) is 58.6 Å². The van der Waals surface area contributed by atoms with Gasteiger partial charge in [-0.05, 0) is 37.1 Å². The zero-order valence-electron chi connectivity index (χ0n) is 15.9. The lowest BCUT2D eigenvalue weighted by Gasteiger charge is -2.43. The van der Waals surface area contributed by atoms with Gasteiger partial charge in [0.05, 0.1) is 10.9 Å². The number of fused-ring (bicyclic) bond motifs is 2. The molecule has 0 amide bonds. The minimum absolute atomic E-state index is 0.110. The molecule has 3 atom stereocenters. The number of nitrogens with one attached hydrogen (secondary N) is 1. The third-order valence-corrected chi connectivity index (χ3v) is 7.42. The maximum absolute atomic E-state index is 13.3. The van der Waals surface area contributed by atoms with Gasteiger partial charge in [-0.2, -0.15) is 4.31 Å². The first kappa shape index (κ1) is 19.3. The maximum Gasteiger partial charge on any atom is 0.243 e. The number of aryl methyl sites for hydroxylation is 1. The molecular formula is C20H28N2O3S. The van der Waals surface area contributed by atoms with Crippen LogP contribution in [0.15, 0.2) is 47.4 Å². The Balaban J connectivity index is 2.15. The van der Waals surface area contributed by atoms with Crippen molar-refractivity contribution in [2.75, 3.05) is 27.3 Å². The van der Waals surface area contributed by atoms with E-state index in [2.05, 4.69) is 18.3 Å². The molecule has 0 aromatic heterocycles. The van der Waals surface area contributed by atoms with Gasteiger partial charge < -0.3 is 10.1 Å². The maximum atomic E-state index is 13.3. The van der Waals surface area contributed by atoms with Gasteiger partial charge in [-0.25, -0.2) is 8.42 Å². The van der Waals surface area contributed by atoms with Gasteiger partial charge in [-0.3, -0.25) is 0 Å². The van der Waals surface area contributed by atoms with E-state index in [0.717, 1.165) is 24.1 Å². The number of likely N-dealkylation sites (N-methyl/N-ethyl adjacent to an activating group) is 1. The van der Waals surface area contributed by atoms with Crippen molar-refractivity contribution < 1.29 is 13.2 Å². The molecule has 0 fully saturated rings. The Kier molecular flexibility index (Phi) is 5.40. The van der Waals surface area contributed by atoms with Gasteiger partial charge in [0.15, 0.2) is 0 Å². The van der Waals surface area contributed by atoms with Gasteiger partial charge in [0.25, 0.3) is 0 Å². The number of nitrogens with zero attached hydrogens (tertiary/aromatic N) is 1. The third kappa shape index (κ3) is 3.16. The SMILES string of the molecule is COCCCNC1c2ccc(C)cc2S(=O)(=O)N(C)C2C=CC=CC12C. The normalized spacial score (nSPS) is 29.8. The van der Waals surface area contributed by atoms with Gasteiger partial charge in [0.2, 0.25) is 10.0 Å². The largest absolute Gasteiger partial charge is 0.385 e. The molecule has 142 valence electrons. The zero-order valence-corrected chi connectivity index (χ0v) is 16.7. The van der Waals surface area contributed by atoms with Gasteiger partial charge in [-0.1, -0.05) is 43.4 Å². The summed E-state index contributed by atoms with van der Waals surface area (Å²) in [7, 11) is -0.199. The molecule has 0 bridgehead atoms. The molecule has 1 aromatic carbocycles. The van der Waals surface area contributed by atoms with Crippen LogP contribution >= 0.6 is 0 Å². The van der Waals surface area contributed by atoms with E-state index in [4.69, 9.17) is 4.74 Å². The second-order valence-corrected chi connectivity index (χ2v) is 9.32. The molecule has 1 aromatic rings. The summed E-state index contributed by atoms with van der Waals surface area (Å²) in [4.78, 5) is 0.404. The number of allylic oxidation sites excluding steroid dienone is 2. The highest BCUT2D eigenvalue weighted by Crippen LogP contribution is 2.48. The molecule has 1 heterocycles. The molecule has 1 aliphatic heterocycles. The summed E-state index contributed by atoms with van der Waals surface area (Å²) in [6.45, 7) is 5.49. The van der Waals surface area contributed by atoms with E-state index in [1.807, 2.05) is 37.3 Å². The van der Waals surface area contributed by atoms with Crippen molar-refractivity contribution in [3.05, 3.63) is 53.6 Å². The lowest BCUT2D eigenvalue weighted by atomic mass is 9.70. The summed E-state index contributed by atoms with van der Waals surface area (Å²) in [6, 6.07) is 5.39. The molecular weight excluding hydrogens is 348 g/mol. The van der Waals surface area contributed by atoms with Gasteiger partial charge >= 0.3 is 0 Å². The van der Waals surface area contributed by atoms with Crippen LogP contribution in [0, 0.1) is 12.3 Å². The number of rotatable bonds is 5. The second kappa shape index (κ2) is 7.27. The number of benzene rings is 1. The third-order valence-electron chi connectivity index (χ3n) is 5.52. The van der Waals surface area contributed by atoms with Crippen molar-refractivity contribution in [3.63, 3.8) is 0 Å². The quantitative estimate of drug-likeness (QED) is 0.803. The first-order valence-corrected chi connectivity index (χ1v) is 10.4. The Morgan fingerprint density at radius 3 is 2.81 bits per heavy atom. The summed E-state index contributed by atoms with van der Waals surface area (Å²) in [5.41, 5.74) is 1.40. The van der Waals surface area contributed by atoms with E-state index >= 15 is 0 Å². The van der Waals surface area contributed by atoms with Crippen LogP contribution in [0.3, 0.4) is 0 Å². The van der Waals surface area contributed by atoms with Crippen LogP contribution in [-0.4, -0.2) is 46.1 Å². The molecule has 6 heteroatoms. The minimum atomic E-state index is -3.57. The van der Waals surface area contributed by atoms with Crippen LogP contribution in [0.4, 0.5) is 0 Å². The second-order valence-electron chi connectivity index (χ2n) is 7.35. The smallest absolute Gasteiger partial charge is 0.243 e. The molecule has 0 saturated carbocycles. The Morgan fingerprint density at radius 2 is 2.08 bits per heavy atom. The number of hydrogen-bond donors (Lipinski definition) is 1. The highest BCUT2D eigenvalue weighted by Gasteiger charge is 2.49. The highest BCUT2D eigenvalue weighted by molar-refractivity contribution is 7.89. The summed E-state index contributed by atoms with van der Waals surface area (Å²) < 4.78 is 33.3. The van der Waals surface area contributed by atoms with E-state index in [0.29, 0.717) is 11.5 Å². The van der Waals surface area contributed by atoms with Crippen molar-refractivity contribution in [1.82, 2.24) is 9.62 Å². The first-order valence-electron chi connectivity index (χ1n) is 8.99. The molecule has 0 radical (unpaired) electrons. The average Bonchev–Trinajstić information content (AvgIpc) is 2.66. The predicted molar refractivity (Wildman–Crippen MR) is 104 cm³/mol. The van der Waals surface area contributed by atoms with Gasteiger partial charge in [0.1, 0.15) is 0 Å². The van der Waals surface area contributed by atoms with Crippen molar-refractivity contribution in [1.29, 1.82) is 0 Å². The van der Waals surface area contributed by atoms with Crippen molar-refractivity contribution >= 4 is 10.0 Å². The van der Waals surface area contributed by atoms with E-state index < -0.39 is 10.0 Å². The zero-order chi connectivity index (χ0) is 18.9. The molecule has 3 rings (SSSR count). The van der Waals surface area contributed by atoms with Crippen LogP contribution in [0.2, 0.25) is 0 Å². The van der Waals surface area contributed by atoms with E-state index in [9.17, 15) is 8.42 Å². The lowest BCUT2D eigenvalue weighted by molar-refractivity contribution is 0.173. The Labute approximate surface area is 156 Å². The standard InChI is InChI=1S/C20H28N2O3S/c1-15-9-10-16-17(14-15)26(23,24)22(3)18-8-5-6-11-20(18,2)19(16)21-12-7-13-25-4/h5-6,8-11,14,18-19,21H,7,12-13H2,1-4H3. The Morgan fingerprint density at radius 1 is 1.31 bits per heavy atom. The van der Waals surface area contributed by atoms with Crippen molar-refractivity contribution in [2.45, 2.75) is 37.2 Å².